The quantitative estimate of drug-likeness (QED) is 0.764. The molecule has 0 saturated heterocycles. The van der Waals surface area contributed by atoms with Crippen molar-refractivity contribution in [2.24, 2.45) is 5.92 Å². The first kappa shape index (κ1) is 12.3. The maximum Gasteiger partial charge on any atom is 0.230 e. The van der Waals surface area contributed by atoms with Crippen LogP contribution in [0.15, 0.2) is 5.16 Å². The van der Waals surface area contributed by atoms with Gasteiger partial charge in [0.25, 0.3) is 0 Å². The van der Waals surface area contributed by atoms with E-state index in [2.05, 4.69) is 34.7 Å². The highest BCUT2D eigenvalue weighted by atomic mass is 32.2. The van der Waals surface area contributed by atoms with Crippen molar-refractivity contribution in [2.75, 3.05) is 12.3 Å². The van der Waals surface area contributed by atoms with Gasteiger partial charge in [0.15, 0.2) is 0 Å². The van der Waals surface area contributed by atoms with Crippen LogP contribution in [0.4, 0.5) is 0 Å². The predicted molar refractivity (Wildman–Crippen MR) is 64.7 cm³/mol. The number of aromatic nitrogens is 4. The number of hydrogen-bond acceptors (Lipinski definition) is 5. The monoisotopic (exact) mass is 255 g/mol. The summed E-state index contributed by atoms with van der Waals surface area (Å²) in [7, 11) is 0. The van der Waals surface area contributed by atoms with Gasteiger partial charge in [-0.15, -0.1) is 5.10 Å². The van der Waals surface area contributed by atoms with Crippen molar-refractivity contribution in [3.05, 3.63) is 0 Å². The average molecular weight is 255 g/mol. The van der Waals surface area contributed by atoms with E-state index in [0.717, 1.165) is 18.0 Å². The van der Waals surface area contributed by atoms with E-state index in [1.165, 1.54) is 11.8 Å². The van der Waals surface area contributed by atoms with Crippen molar-refractivity contribution in [1.82, 2.24) is 25.5 Å². The summed E-state index contributed by atoms with van der Waals surface area (Å²) < 4.78 is 1.82. The Hall–Kier alpha value is -1.11. The average Bonchev–Trinajstić information content (AvgIpc) is 3.03. The summed E-state index contributed by atoms with van der Waals surface area (Å²) >= 11 is 1.40. The van der Waals surface area contributed by atoms with Crippen LogP contribution in [0.5, 0.6) is 0 Å². The molecular weight excluding hydrogens is 238 g/mol. The molecule has 0 radical (unpaired) electrons. The Morgan fingerprint density at radius 1 is 1.59 bits per heavy atom. The molecule has 6 nitrogen and oxygen atoms in total. The lowest BCUT2D eigenvalue weighted by atomic mass is 10.2. The second-order valence-electron chi connectivity index (χ2n) is 4.62. The Kier molecular flexibility index (Phi) is 3.98. The molecule has 0 atom stereocenters. The van der Waals surface area contributed by atoms with Gasteiger partial charge in [-0.3, -0.25) is 4.79 Å². The molecule has 1 heterocycles. The molecule has 7 heteroatoms. The Balaban J connectivity index is 1.77. The first-order valence-electron chi connectivity index (χ1n) is 5.84. The number of tetrazole rings is 1. The van der Waals surface area contributed by atoms with E-state index in [1.807, 2.05) is 4.68 Å². The molecule has 1 aromatic rings. The van der Waals surface area contributed by atoms with Crippen LogP contribution in [-0.2, 0) is 4.79 Å². The Morgan fingerprint density at radius 2 is 2.35 bits per heavy atom. The number of hydrogen-bond donors (Lipinski definition) is 1. The minimum Gasteiger partial charge on any atom is -0.355 e. The van der Waals surface area contributed by atoms with Crippen molar-refractivity contribution >= 4 is 17.7 Å². The largest absolute Gasteiger partial charge is 0.355 e. The first-order chi connectivity index (χ1) is 8.16. The van der Waals surface area contributed by atoms with Gasteiger partial charge < -0.3 is 5.32 Å². The topological polar surface area (TPSA) is 72.7 Å². The van der Waals surface area contributed by atoms with Gasteiger partial charge in [-0.1, -0.05) is 25.6 Å². The molecule has 1 aliphatic rings. The van der Waals surface area contributed by atoms with Crippen LogP contribution in [0.2, 0.25) is 0 Å². The maximum atomic E-state index is 11.5. The van der Waals surface area contributed by atoms with Gasteiger partial charge in [0.1, 0.15) is 0 Å². The first-order valence-corrected chi connectivity index (χ1v) is 6.82. The van der Waals surface area contributed by atoms with Crippen LogP contribution >= 0.6 is 11.8 Å². The zero-order valence-electron chi connectivity index (χ0n) is 10.1. The zero-order chi connectivity index (χ0) is 12.3. The van der Waals surface area contributed by atoms with Gasteiger partial charge in [0.2, 0.25) is 11.1 Å². The second-order valence-corrected chi connectivity index (χ2v) is 5.57. The minimum absolute atomic E-state index is 0.0362. The fraction of sp³-hybridized carbons (Fsp3) is 0.800. The maximum absolute atomic E-state index is 11.5. The Labute approximate surface area is 105 Å². The van der Waals surface area contributed by atoms with Crippen LogP contribution in [0.1, 0.15) is 32.7 Å². The third-order valence-electron chi connectivity index (χ3n) is 2.40. The zero-order valence-corrected chi connectivity index (χ0v) is 10.9. The SMILES string of the molecule is CC(C)CNC(=O)CSc1nnnn1C1CC1. The minimum atomic E-state index is 0.0362. The van der Waals surface area contributed by atoms with Crippen LogP contribution in [0.25, 0.3) is 0 Å². The predicted octanol–water partition coefficient (Wildman–Crippen LogP) is 0.872. The van der Waals surface area contributed by atoms with Gasteiger partial charge in [-0.05, 0) is 29.2 Å². The number of rotatable bonds is 6. The number of nitrogens with one attached hydrogen (secondary N) is 1. The highest BCUT2D eigenvalue weighted by molar-refractivity contribution is 7.99. The molecule has 0 aliphatic heterocycles. The van der Waals surface area contributed by atoms with E-state index in [-0.39, 0.29) is 5.91 Å². The normalized spacial score (nSPS) is 15.2. The summed E-state index contributed by atoms with van der Waals surface area (Å²) in [6, 6.07) is 0.450. The summed E-state index contributed by atoms with van der Waals surface area (Å²) in [5, 5.41) is 15.1. The summed E-state index contributed by atoms with van der Waals surface area (Å²) in [5.41, 5.74) is 0. The molecule has 0 unspecified atom stereocenters. The van der Waals surface area contributed by atoms with E-state index in [9.17, 15) is 4.79 Å². The molecule has 1 fully saturated rings. The summed E-state index contributed by atoms with van der Waals surface area (Å²) in [6.45, 7) is 4.86. The summed E-state index contributed by atoms with van der Waals surface area (Å²) in [4.78, 5) is 11.5. The van der Waals surface area contributed by atoms with Crippen LogP contribution in [-0.4, -0.2) is 38.4 Å². The molecule has 1 aliphatic carbocycles. The smallest absolute Gasteiger partial charge is 0.230 e. The van der Waals surface area contributed by atoms with Crippen molar-refractivity contribution < 1.29 is 4.79 Å². The lowest BCUT2D eigenvalue weighted by Gasteiger charge is -2.07. The number of nitrogens with zero attached hydrogens (tertiary/aromatic N) is 4. The van der Waals surface area contributed by atoms with Gasteiger partial charge in [0.05, 0.1) is 11.8 Å². The standard InChI is InChI=1S/C10H17N5OS/c1-7(2)5-11-9(16)6-17-10-12-13-14-15(10)8-3-4-8/h7-8H,3-6H2,1-2H3,(H,11,16). The molecule has 0 aromatic carbocycles. The number of thioether (sulfide) groups is 1. The van der Waals surface area contributed by atoms with Crippen molar-refractivity contribution in [2.45, 2.75) is 37.9 Å². The molecule has 1 aromatic heterocycles. The molecule has 2 rings (SSSR count). The highest BCUT2D eigenvalue weighted by Gasteiger charge is 2.28. The lowest BCUT2D eigenvalue weighted by Crippen LogP contribution is -2.28. The van der Waals surface area contributed by atoms with E-state index in [4.69, 9.17) is 0 Å². The van der Waals surface area contributed by atoms with E-state index in [1.54, 1.807) is 0 Å². The number of carbonyl (C=O) groups is 1. The lowest BCUT2D eigenvalue weighted by molar-refractivity contribution is -0.118. The van der Waals surface area contributed by atoms with Crippen LogP contribution < -0.4 is 5.32 Å². The fourth-order valence-corrected chi connectivity index (χ4v) is 2.10. The fourth-order valence-electron chi connectivity index (χ4n) is 1.33. The van der Waals surface area contributed by atoms with Gasteiger partial charge in [-0.2, -0.15) is 0 Å². The molecule has 0 spiro atoms. The van der Waals surface area contributed by atoms with Gasteiger partial charge >= 0.3 is 0 Å². The third kappa shape index (κ3) is 3.69. The molecule has 17 heavy (non-hydrogen) atoms. The Morgan fingerprint density at radius 3 is 3.00 bits per heavy atom. The molecule has 1 N–H and O–H groups in total. The molecular formula is C10H17N5OS. The second kappa shape index (κ2) is 5.48. The molecule has 94 valence electrons. The molecule has 0 bridgehead atoms. The van der Waals surface area contributed by atoms with Crippen LogP contribution in [0.3, 0.4) is 0 Å². The van der Waals surface area contributed by atoms with Crippen LogP contribution in [0, 0.1) is 5.92 Å². The summed E-state index contributed by atoms with van der Waals surface area (Å²) in [5.74, 6) is 0.884. The number of carbonyl (C=O) groups excluding carboxylic acids is 1. The summed E-state index contributed by atoms with van der Waals surface area (Å²) in [6.07, 6.45) is 2.27. The van der Waals surface area contributed by atoms with Gasteiger partial charge in [-0.25, -0.2) is 4.68 Å². The van der Waals surface area contributed by atoms with E-state index in [0.29, 0.717) is 24.3 Å². The van der Waals surface area contributed by atoms with Crippen molar-refractivity contribution in [3.63, 3.8) is 0 Å². The third-order valence-corrected chi connectivity index (χ3v) is 3.33. The van der Waals surface area contributed by atoms with Crippen molar-refractivity contribution in [1.29, 1.82) is 0 Å². The van der Waals surface area contributed by atoms with Crippen molar-refractivity contribution in [3.8, 4) is 0 Å². The molecule has 1 saturated carbocycles. The van der Waals surface area contributed by atoms with E-state index < -0.39 is 0 Å². The highest BCUT2D eigenvalue weighted by Crippen LogP contribution is 2.36. The number of amides is 1. The van der Waals surface area contributed by atoms with Gasteiger partial charge in [0, 0.05) is 6.54 Å². The Bertz CT molecular complexity index is 388. The van der Waals surface area contributed by atoms with E-state index >= 15 is 0 Å². The molecule has 1 amide bonds.